The fourth-order valence-corrected chi connectivity index (χ4v) is 1.06. The normalized spacial score (nSPS) is 11.2. The molecule has 0 aromatic heterocycles. The Hall–Kier alpha value is -1.60. The van der Waals surface area contributed by atoms with E-state index in [1.54, 1.807) is 6.08 Å². The fraction of sp³-hybridized carbons (Fsp3) is 0.692. The van der Waals surface area contributed by atoms with Crippen LogP contribution in [0.25, 0.3) is 0 Å². The van der Waals surface area contributed by atoms with Gasteiger partial charge in [-0.15, -0.1) is 0 Å². The molecule has 0 rings (SSSR count). The van der Waals surface area contributed by atoms with E-state index >= 15 is 0 Å². The Balaban J connectivity index is 3.80. The first-order chi connectivity index (χ1) is 9.65. The average Bonchev–Trinajstić information content (AvgIpc) is 2.36. The first-order valence-electron chi connectivity index (χ1n) is 6.25. The zero-order chi connectivity index (χ0) is 16.5. The number of rotatable bonds is 9. The number of halogens is 4. The summed E-state index contributed by atoms with van der Waals surface area (Å²) in [4.78, 5) is 22.2. The lowest BCUT2D eigenvalue weighted by Gasteiger charge is -2.14. The van der Waals surface area contributed by atoms with Crippen LogP contribution in [0.3, 0.4) is 0 Å². The minimum atomic E-state index is -4.36. The number of allylic oxidation sites excluding steroid dienone is 1. The van der Waals surface area contributed by atoms with Gasteiger partial charge in [0.05, 0.1) is 0 Å². The third-order valence-electron chi connectivity index (χ3n) is 2.24. The van der Waals surface area contributed by atoms with Crippen LogP contribution >= 0.6 is 0 Å². The number of ether oxygens (including phenoxy) is 2. The van der Waals surface area contributed by atoms with E-state index in [1.807, 2.05) is 13.8 Å². The second-order valence-electron chi connectivity index (χ2n) is 4.54. The molecule has 0 aromatic carbocycles. The first kappa shape index (κ1) is 19.4. The summed E-state index contributed by atoms with van der Waals surface area (Å²) in [6.07, 6.45) is -2.57. The molecule has 0 N–H and O–H groups in total. The molecule has 0 radical (unpaired) electrons. The maximum Gasteiger partial charge on any atom is 0.340 e. The van der Waals surface area contributed by atoms with E-state index in [4.69, 9.17) is 4.74 Å². The largest absolute Gasteiger partial charge is 0.461 e. The molecule has 0 saturated heterocycles. The van der Waals surface area contributed by atoms with Crippen molar-refractivity contribution in [3.63, 3.8) is 0 Å². The maximum absolute atomic E-state index is 12.5. The van der Waals surface area contributed by atoms with Gasteiger partial charge in [-0.05, 0) is 26.3 Å². The summed E-state index contributed by atoms with van der Waals surface area (Å²) in [6, 6.07) is 0. The van der Waals surface area contributed by atoms with Crippen LogP contribution in [0.15, 0.2) is 11.6 Å². The molecule has 122 valence electrons. The van der Waals surface area contributed by atoms with Gasteiger partial charge in [-0.1, -0.05) is 5.57 Å². The van der Waals surface area contributed by atoms with Crippen molar-refractivity contribution >= 4 is 11.9 Å². The Morgan fingerprint density at radius 1 is 1.10 bits per heavy atom. The summed E-state index contributed by atoms with van der Waals surface area (Å²) in [5.74, 6) is -5.97. The van der Waals surface area contributed by atoms with E-state index in [9.17, 15) is 27.2 Å². The predicted molar refractivity (Wildman–Crippen MR) is 66.2 cm³/mol. The van der Waals surface area contributed by atoms with Crippen molar-refractivity contribution in [3.05, 3.63) is 11.6 Å². The molecule has 0 saturated carbocycles. The molecule has 0 aromatic rings. The van der Waals surface area contributed by atoms with Crippen LogP contribution in [-0.4, -0.2) is 37.5 Å². The molecular weight excluding hydrogens is 296 g/mol. The Labute approximate surface area is 120 Å². The molecule has 0 atom stereocenters. The van der Waals surface area contributed by atoms with Crippen LogP contribution in [0.2, 0.25) is 0 Å². The van der Waals surface area contributed by atoms with E-state index in [2.05, 4.69) is 4.74 Å². The van der Waals surface area contributed by atoms with Crippen molar-refractivity contribution in [2.75, 3.05) is 13.2 Å². The number of hydrogen-bond donors (Lipinski definition) is 0. The highest BCUT2D eigenvalue weighted by molar-refractivity contribution is 5.72. The second-order valence-corrected chi connectivity index (χ2v) is 4.54. The Bertz CT molecular complexity index is 376. The highest BCUT2D eigenvalue weighted by atomic mass is 19.3. The lowest BCUT2D eigenvalue weighted by Crippen LogP contribution is -2.33. The molecule has 0 amide bonds. The zero-order valence-electron chi connectivity index (χ0n) is 11.8. The van der Waals surface area contributed by atoms with Crippen molar-refractivity contribution in [1.82, 2.24) is 0 Å². The van der Waals surface area contributed by atoms with Crippen LogP contribution in [0.4, 0.5) is 17.6 Å². The van der Waals surface area contributed by atoms with Crippen molar-refractivity contribution in [2.24, 2.45) is 0 Å². The van der Waals surface area contributed by atoms with Crippen LogP contribution in [-0.2, 0) is 19.1 Å². The maximum atomic E-state index is 12.5. The summed E-state index contributed by atoms with van der Waals surface area (Å²) < 4.78 is 57.3. The molecule has 0 aliphatic heterocycles. The zero-order valence-corrected chi connectivity index (χ0v) is 11.8. The fourth-order valence-electron chi connectivity index (χ4n) is 1.06. The molecule has 0 spiro atoms. The van der Waals surface area contributed by atoms with E-state index in [1.165, 1.54) is 0 Å². The Morgan fingerprint density at radius 3 is 2.10 bits per heavy atom. The molecule has 0 unspecified atom stereocenters. The molecule has 0 aliphatic rings. The third-order valence-corrected chi connectivity index (χ3v) is 2.24. The molecular formula is C13H18F4O4. The summed E-state index contributed by atoms with van der Waals surface area (Å²) in [6.45, 7) is 2.11. The summed E-state index contributed by atoms with van der Waals surface area (Å²) in [5, 5.41) is 0. The van der Waals surface area contributed by atoms with Gasteiger partial charge in [0.2, 0.25) is 0 Å². The molecule has 4 nitrogen and oxygen atoms in total. The van der Waals surface area contributed by atoms with E-state index in [0.717, 1.165) is 5.57 Å². The number of hydrogen-bond acceptors (Lipinski definition) is 4. The van der Waals surface area contributed by atoms with Crippen molar-refractivity contribution < 1.29 is 36.6 Å². The van der Waals surface area contributed by atoms with Crippen LogP contribution < -0.4 is 0 Å². The third kappa shape index (κ3) is 9.86. The molecule has 0 bridgehead atoms. The highest BCUT2D eigenvalue weighted by Crippen LogP contribution is 2.23. The minimum absolute atomic E-state index is 0.0345. The van der Waals surface area contributed by atoms with Crippen molar-refractivity contribution in [3.8, 4) is 0 Å². The van der Waals surface area contributed by atoms with Gasteiger partial charge in [-0.3, -0.25) is 9.59 Å². The summed E-state index contributed by atoms with van der Waals surface area (Å²) >= 11 is 0. The van der Waals surface area contributed by atoms with Crippen LogP contribution in [0, 0.1) is 0 Å². The first-order valence-corrected chi connectivity index (χ1v) is 6.25. The number of carbonyl (C=O) groups excluding carboxylic acids is 2. The highest BCUT2D eigenvalue weighted by Gasteiger charge is 2.42. The molecule has 0 heterocycles. The van der Waals surface area contributed by atoms with E-state index in [-0.39, 0.29) is 25.9 Å². The predicted octanol–water partition coefficient (Wildman–Crippen LogP) is 3.11. The minimum Gasteiger partial charge on any atom is -0.461 e. The quantitative estimate of drug-likeness (QED) is 0.373. The lowest BCUT2D eigenvalue weighted by molar-refractivity contribution is -0.179. The second kappa shape index (κ2) is 9.36. The van der Waals surface area contributed by atoms with E-state index < -0.39 is 30.9 Å². The molecule has 0 aliphatic carbocycles. The van der Waals surface area contributed by atoms with Gasteiger partial charge in [0.1, 0.15) is 6.61 Å². The lowest BCUT2D eigenvalue weighted by atomic mass is 10.2. The van der Waals surface area contributed by atoms with Gasteiger partial charge < -0.3 is 9.47 Å². The Morgan fingerprint density at radius 2 is 1.62 bits per heavy atom. The van der Waals surface area contributed by atoms with Crippen molar-refractivity contribution in [1.29, 1.82) is 0 Å². The average molecular weight is 314 g/mol. The van der Waals surface area contributed by atoms with Gasteiger partial charge in [0.15, 0.2) is 6.61 Å². The van der Waals surface area contributed by atoms with E-state index in [0.29, 0.717) is 0 Å². The number of esters is 2. The van der Waals surface area contributed by atoms with Gasteiger partial charge in [-0.2, -0.15) is 8.78 Å². The standard InChI is InChI=1S/C13H18F4O4/c1-9(2)6-7-20-10(18)4-3-5-11(19)21-8-13(16,17)12(14)15/h6,12H,3-5,7-8H2,1-2H3. The summed E-state index contributed by atoms with van der Waals surface area (Å²) in [7, 11) is 0. The van der Waals surface area contributed by atoms with Gasteiger partial charge >= 0.3 is 24.3 Å². The monoisotopic (exact) mass is 314 g/mol. The van der Waals surface area contributed by atoms with Crippen LogP contribution in [0.5, 0.6) is 0 Å². The van der Waals surface area contributed by atoms with Gasteiger partial charge in [0.25, 0.3) is 0 Å². The number of carbonyl (C=O) groups is 2. The SMILES string of the molecule is CC(C)=CCOC(=O)CCCC(=O)OCC(F)(F)C(F)F. The molecule has 21 heavy (non-hydrogen) atoms. The Kier molecular flexibility index (Phi) is 8.64. The topological polar surface area (TPSA) is 52.6 Å². The van der Waals surface area contributed by atoms with Gasteiger partial charge in [-0.25, -0.2) is 8.78 Å². The van der Waals surface area contributed by atoms with Crippen LogP contribution in [0.1, 0.15) is 33.1 Å². The number of alkyl halides is 4. The molecule has 8 heteroatoms. The molecule has 0 fully saturated rings. The smallest absolute Gasteiger partial charge is 0.340 e. The van der Waals surface area contributed by atoms with Crippen molar-refractivity contribution in [2.45, 2.75) is 45.5 Å². The van der Waals surface area contributed by atoms with Gasteiger partial charge in [0, 0.05) is 12.8 Å². The summed E-state index contributed by atoms with van der Waals surface area (Å²) in [5.41, 5.74) is 0.978.